The molecule has 0 saturated carbocycles. The number of carboxylic acid groups (broad SMARTS) is 1. The summed E-state index contributed by atoms with van der Waals surface area (Å²) in [5, 5.41) is 7.96. The highest BCUT2D eigenvalue weighted by atomic mass is 17.2. The highest BCUT2D eigenvalue weighted by molar-refractivity contribution is 5.71. The van der Waals surface area contributed by atoms with E-state index in [1.54, 1.807) is 0 Å². The van der Waals surface area contributed by atoms with Gasteiger partial charge in [0.05, 0.1) is 7.11 Å². The van der Waals surface area contributed by atoms with Crippen molar-refractivity contribution in [1.82, 2.24) is 0 Å². The third-order valence-electron chi connectivity index (χ3n) is 0.465. The molecule has 0 unspecified atom stereocenters. The molecule has 0 saturated heterocycles. The summed E-state index contributed by atoms with van der Waals surface area (Å²) in [5.41, 5.74) is 0. The zero-order valence-corrected chi connectivity index (χ0v) is 5.20. The van der Waals surface area contributed by atoms with Crippen molar-refractivity contribution in [1.29, 1.82) is 0 Å². The first-order valence-corrected chi connectivity index (χ1v) is 2.26. The zero-order chi connectivity index (χ0) is 7.98. The molecule has 0 heterocycles. The molecule has 0 atom stereocenters. The largest absolute Gasteiger partial charge is 0.541 e. The summed E-state index contributed by atoms with van der Waals surface area (Å²) in [6.07, 6.45) is -1.18. The molecule has 0 aliphatic rings. The molecule has 0 aliphatic heterocycles. The molecule has 0 bridgehead atoms. The zero-order valence-electron chi connectivity index (χ0n) is 5.20. The summed E-state index contributed by atoms with van der Waals surface area (Å²) in [6, 6.07) is 0. The highest BCUT2D eigenvalue weighted by Crippen LogP contribution is 1.83. The van der Waals surface area contributed by atoms with Gasteiger partial charge in [0.15, 0.2) is 6.61 Å². The predicted molar refractivity (Wildman–Crippen MR) is 27.1 cm³/mol. The SMILES string of the molecule is COOC(=O)OCC(=O)O. The molecule has 0 aromatic carbocycles. The summed E-state index contributed by atoms with van der Waals surface area (Å²) in [5.74, 6) is -1.26. The average Bonchev–Trinajstić information content (AvgIpc) is 1.85. The van der Waals surface area contributed by atoms with E-state index in [0.717, 1.165) is 7.11 Å². The Morgan fingerprint density at radius 1 is 1.50 bits per heavy atom. The van der Waals surface area contributed by atoms with Crippen molar-refractivity contribution in [3.63, 3.8) is 0 Å². The minimum absolute atomic E-state index is 0.734. The molecule has 6 heteroatoms. The first-order chi connectivity index (χ1) is 4.66. The molecule has 1 N–H and O–H groups in total. The van der Waals surface area contributed by atoms with Gasteiger partial charge in [-0.2, -0.15) is 4.89 Å². The second-order valence-corrected chi connectivity index (χ2v) is 1.18. The normalized spacial score (nSPS) is 8.50. The number of rotatable bonds is 3. The van der Waals surface area contributed by atoms with E-state index >= 15 is 0 Å². The molecule has 10 heavy (non-hydrogen) atoms. The predicted octanol–water partition coefficient (Wildman–Crippen LogP) is -0.214. The van der Waals surface area contributed by atoms with Gasteiger partial charge in [0.1, 0.15) is 0 Å². The third-order valence-corrected chi connectivity index (χ3v) is 0.465. The monoisotopic (exact) mass is 150 g/mol. The summed E-state index contributed by atoms with van der Waals surface area (Å²) in [7, 11) is 1.10. The maximum atomic E-state index is 10.1. The van der Waals surface area contributed by atoms with Gasteiger partial charge in [-0.25, -0.2) is 9.59 Å². The van der Waals surface area contributed by atoms with E-state index in [0.29, 0.717) is 0 Å². The molecule has 0 spiro atoms. The van der Waals surface area contributed by atoms with Crippen molar-refractivity contribution in [3.05, 3.63) is 0 Å². The van der Waals surface area contributed by atoms with Gasteiger partial charge in [0.2, 0.25) is 0 Å². The van der Waals surface area contributed by atoms with Crippen LogP contribution in [0.4, 0.5) is 4.79 Å². The maximum absolute atomic E-state index is 10.1. The Morgan fingerprint density at radius 3 is 2.50 bits per heavy atom. The van der Waals surface area contributed by atoms with Crippen LogP contribution in [0.2, 0.25) is 0 Å². The number of aliphatic carboxylic acids is 1. The molecule has 0 fully saturated rings. The van der Waals surface area contributed by atoms with Crippen LogP contribution in [-0.4, -0.2) is 30.9 Å². The van der Waals surface area contributed by atoms with Crippen molar-refractivity contribution in [2.24, 2.45) is 0 Å². The van der Waals surface area contributed by atoms with Crippen LogP contribution >= 0.6 is 0 Å². The maximum Gasteiger partial charge on any atom is 0.541 e. The second-order valence-electron chi connectivity index (χ2n) is 1.18. The van der Waals surface area contributed by atoms with E-state index < -0.39 is 18.7 Å². The lowest BCUT2D eigenvalue weighted by molar-refractivity contribution is -0.231. The van der Waals surface area contributed by atoms with Crippen LogP contribution in [-0.2, 0) is 19.3 Å². The van der Waals surface area contributed by atoms with Crippen molar-refractivity contribution < 1.29 is 29.2 Å². The van der Waals surface area contributed by atoms with Gasteiger partial charge < -0.3 is 9.84 Å². The molecule has 0 amide bonds. The van der Waals surface area contributed by atoms with Gasteiger partial charge in [0, 0.05) is 0 Å². The van der Waals surface area contributed by atoms with Crippen LogP contribution in [0.1, 0.15) is 0 Å². The fourth-order valence-corrected chi connectivity index (χ4v) is 0.213. The fourth-order valence-electron chi connectivity index (χ4n) is 0.213. The molecule has 0 rings (SSSR count). The van der Waals surface area contributed by atoms with Gasteiger partial charge in [-0.15, -0.1) is 0 Å². The molecule has 0 aromatic rings. The number of hydrogen-bond acceptors (Lipinski definition) is 5. The van der Waals surface area contributed by atoms with E-state index in [-0.39, 0.29) is 0 Å². The summed E-state index contributed by atoms with van der Waals surface area (Å²) >= 11 is 0. The quantitative estimate of drug-likeness (QED) is 0.340. The van der Waals surface area contributed by atoms with Gasteiger partial charge in [-0.05, 0) is 0 Å². The first kappa shape index (κ1) is 8.70. The minimum Gasteiger partial charge on any atom is -0.479 e. The Labute approximate surface area is 56.2 Å². The van der Waals surface area contributed by atoms with Crippen LogP contribution in [0.25, 0.3) is 0 Å². The number of carbonyl (C=O) groups excluding carboxylic acids is 1. The summed E-state index contributed by atoms with van der Waals surface area (Å²) in [6.45, 7) is -0.734. The van der Waals surface area contributed by atoms with Gasteiger partial charge in [-0.1, -0.05) is 0 Å². The molecule has 58 valence electrons. The Morgan fingerprint density at radius 2 is 2.10 bits per heavy atom. The van der Waals surface area contributed by atoms with Crippen molar-refractivity contribution >= 4 is 12.1 Å². The van der Waals surface area contributed by atoms with Crippen molar-refractivity contribution in [2.45, 2.75) is 0 Å². The van der Waals surface area contributed by atoms with Gasteiger partial charge in [0.25, 0.3) is 0 Å². The number of ether oxygens (including phenoxy) is 1. The molecular weight excluding hydrogens is 144 g/mol. The second kappa shape index (κ2) is 4.57. The Kier molecular flexibility index (Phi) is 3.97. The molecule has 0 aliphatic carbocycles. The summed E-state index contributed by atoms with van der Waals surface area (Å²) in [4.78, 5) is 27.5. The van der Waals surface area contributed by atoms with Crippen LogP contribution in [0, 0.1) is 0 Å². The number of hydrogen-bond donors (Lipinski definition) is 1. The fraction of sp³-hybridized carbons (Fsp3) is 0.500. The molecular formula is C4H6O6. The van der Waals surface area contributed by atoms with E-state index in [1.165, 1.54) is 0 Å². The minimum atomic E-state index is -1.26. The Bertz CT molecular complexity index is 130. The Balaban J connectivity index is 3.30. The topological polar surface area (TPSA) is 82.1 Å². The van der Waals surface area contributed by atoms with Gasteiger partial charge >= 0.3 is 12.1 Å². The lowest BCUT2D eigenvalue weighted by Gasteiger charge is -1.97. The van der Waals surface area contributed by atoms with E-state index in [9.17, 15) is 9.59 Å². The summed E-state index contributed by atoms with van der Waals surface area (Å²) < 4.78 is 3.96. The molecule has 0 radical (unpaired) electrons. The van der Waals surface area contributed by atoms with E-state index in [4.69, 9.17) is 5.11 Å². The third kappa shape index (κ3) is 4.85. The van der Waals surface area contributed by atoms with Gasteiger partial charge in [-0.3, -0.25) is 4.89 Å². The van der Waals surface area contributed by atoms with Crippen LogP contribution in [0.15, 0.2) is 0 Å². The van der Waals surface area contributed by atoms with Crippen LogP contribution in [0.3, 0.4) is 0 Å². The molecule has 6 nitrogen and oxygen atoms in total. The number of carboxylic acids is 1. The standard InChI is InChI=1S/C4H6O6/c1-8-10-4(7)9-2-3(5)6/h2H2,1H3,(H,5,6). The van der Waals surface area contributed by atoms with Crippen LogP contribution < -0.4 is 0 Å². The van der Waals surface area contributed by atoms with E-state index in [1.807, 2.05) is 0 Å². The highest BCUT2D eigenvalue weighted by Gasteiger charge is 2.05. The first-order valence-electron chi connectivity index (χ1n) is 2.26. The average molecular weight is 150 g/mol. The van der Waals surface area contributed by atoms with Crippen molar-refractivity contribution in [3.8, 4) is 0 Å². The molecule has 0 aromatic heterocycles. The lowest BCUT2D eigenvalue weighted by Crippen LogP contribution is -2.13. The van der Waals surface area contributed by atoms with E-state index in [2.05, 4.69) is 14.5 Å². The lowest BCUT2D eigenvalue weighted by atomic mass is 10.7. The van der Waals surface area contributed by atoms with Crippen molar-refractivity contribution in [2.75, 3.05) is 13.7 Å². The number of carbonyl (C=O) groups is 2. The Hall–Kier alpha value is -1.30. The van der Waals surface area contributed by atoms with Crippen LogP contribution in [0.5, 0.6) is 0 Å². The smallest absolute Gasteiger partial charge is 0.479 e.